The van der Waals surface area contributed by atoms with E-state index in [-0.39, 0.29) is 43.2 Å². The van der Waals surface area contributed by atoms with Crippen LogP contribution in [0, 0.1) is 0 Å². The molecule has 0 radical (unpaired) electrons. The number of hydrogen-bond donors (Lipinski definition) is 3. The predicted molar refractivity (Wildman–Crippen MR) is 193 cm³/mol. The summed E-state index contributed by atoms with van der Waals surface area (Å²) in [5.74, 6) is -3.76. The van der Waals surface area contributed by atoms with Gasteiger partial charge in [0.15, 0.2) is 12.4 Å². The first-order valence-electron chi connectivity index (χ1n) is 18.4. The molecule has 1 saturated heterocycles. The minimum absolute atomic E-state index is 0.00647. The van der Waals surface area contributed by atoms with Crippen LogP contribution in [0.3, 0.4) is 0 Å². The molecule has 1 aliphatic carbocycles. The minimum atomic E-state index is -4.69. The molecule has 3 N–H and O–H groups in total. The maximum Gasteiger partial charge on any atom is 0.422 e. The first-order chi connectivity index (χ1) is 25.9. The van der Waals surface area contributed by atoms with Gasteiger partial charge < -0.3 is 34.7 Å². The van der Waals surface area contributed by atoms with Crippen molar-refractivity contribution in [2.75, 3.05) is 19.8 Å². The summed E-state index contributed by atoms with van der Waals surface area (Å²) < 4.78 is 61.2. The van der Waals surface area contributed by atoms with Crippen LogP contribution < -0.4 is 10.6 Å². The van der Waals surface area contributed by atoms with Crippen LogP contribution in [0.25, 0.3) is 6.08 Å². The van der Waals surface area contributed by atoms with Crippen LogP contribution in [0.15, 0.2) is 66.3 Å². The molecule has 294 valence electrons. The zero-order chi connectivity index (χ0) is 39.1. The average Bonchev–Trinajstić information content (AvgIpc) is 3.53. The summed E-state index contributed by atoms with van der Waals surface area (Å²) >= 11 is 0. The van der Waals surface area contributed by atoms with E-state index >= 15 is 0 Å². The van der Waals surface area contributed by atoms with Crippen LogP contribution in [-0.2, 0) is 35.1 Å². The number of alkyl halides is 3. The molecular formula is C40H49F3N2O9. The van der Waals surface area contributed by atoms with Gasteiger partial charge in [-0.25, -0.2) is 9.59 Å². The van der Waals surface area contributed by atoms with Crippen molar-refractivity contribution in [3.05, 3.63) is 88.5 Å². The molecule has 3 atom stereocenters. The monoisotopic (exact) mass is 758 g/mol. The van der Waals surface area contributed by atoms with Gasteiger partial charge in [-0.05, 0) is 54.3 Å². The standard InChI is InChI=1S/C40H49F3N2O9/c1-3-5-9-18-39(19-10-6-4-2)53-33-24-30(37(49)45-25-27-12-11-14-29(22-27)36(48)44-20-21-46)23-32(35(33)54-39)52-38(50)31-15-8-7-13-28(31)16-17-34(47)51-26-40(41,42)43/h7-8,11-17,22,24,32-33,35,46H,3-6,9-10,18-21,23,25-26H2,1-2H3,(H,44,48)(H,45,49)/t32-,33-,35+/m1/s1. The molecule has 14 heteroatoms. The highest BCUT2D eigenvalue weighted by molar-refractivity contribution is 5.97. The van der Waals surface area contributed by atoms with Crippen molar-refractivity contribution in [3.8, 4) is 0 Å². The summed E-state index contributed by atoms with van der Waals surface area (Å²) in [7, 11) is 0. The molecule has 0 unspecified atom stereocenters. The van der Waals surface area contributed by atoms with Crippen LogP contribution in [0.4, 0.5) is 13.2 Å². The van der Waals surface area contributed by atoms with Crippen molar-refractivity contribution in [3.63, 3.8) is 0 Å². The maximum atomic E-state index is 13.8. The zero-order valence-electron chi connectivity index (χ0n) is 30.6. The van der Waals surface area contributed by atoms with Gasteiger partial charge in [0.2, 0.25) is 5.91 Å². The van der Waals surface area contributed by atoms with Gasteiger partial charge in [-0.1, -0.05) is 69.9 Å². The van der Waals surface area contributed by atoms with Gasteiger partial charge in [0, 0.05) is 49.6 Å². The number of aliphatic hydroxyl groups excluding tert-OH is 1. The van der Waals surface area contributed by atoms with Crippen molar-refractivity contribution in [2.45, 2.75) is 108 Å². The van der Waals surface area contributed by atoms with E-state index in [2.05, 4.69) is 29.2 Å². The van der Waals surface area contributed by atoms with Crippen LogP contribution in [-0.4, -0.2) is 78.9 Å². The molecule has 54 heavy (non-hydrogen) atoms. The Labute approximate surface area is 313 Å². The lowest BCUT2D eigenvalue weighted by molar-refractivity contribution is -0.190. The molecule has 1 heterocycles. The van der Waals surface area contributed by atoms with E-state index in [9.17, 15) is 32.3 Å². The van der Waals surface area contributed by atoms with Gasteiger partial charge in [-0.2, -0.15) is 13.2 Å². The molecule has 1 fully saturated rings. The second-order valence-corrected chi connectivity index (χ2v) is 13.3. The molecule has 0 spiro atoms. The Morgan fingerprint density at radius 2 is 1.67 bits per heavy atom. The molecule has 1 aliphatic heterocycles. The number of carbonyl (C=O) groups excluding carboxylic acids is 4. The minimum Gasteiger partial charge on any atom is -0.456 e. The lowest BCUT2D eigenvalue weighted by Gasteiger charge is -2.31. The molecule has 2 amide bonds. The number of aliphatic hydroxyl groups is 1. The van der Waals surface area contributed by atoms with E-state index < -0.39 is 54.7 Å². The van der Waals surface area contributed by atoms with Gasteiger partial charge in [0.25, 0.3) is 5.91 Å². The summed E-state index contributed by atoms with van der Waals surface area (Å²) in [6.45, 7) is 2.46. The van der Waals surface area contributed by atoms with Crippen molar-refractivity contribution in [1.82, 2.24) is 10.6 Å². The number of fused-ring (bicyclic) bond motifs is 1. The summed E-state index contributed by atoms with van der Waals surface area (Å²) in [4.78, 5) is 51.8. The normalized spacial score (nSPS) is 19.1. The molecule has 4 rings (SSSR count). The lowest BCUT2D eigenvalue weighted by Crippen LogP contribution is -2.43. The molecule has 0 bridgehead atoms. The van der Waals surface area contributed by atoms with Crippen LogP contribution in [0.1, 0.15) is 103 Å². The maximum absolute atomic E-state index is 13.8. The van der Waals surface area contributed by atoms with Gasteiger partial charge in [-0.3, -0.25) is 9.59 Å². The van der Waals surface area contributed by atoms with Gasteiger partial charge in [0.05, 0.1) is 12.2 Å². The Bertz CT molecular complexity index is 1650. The summed E-state index contributed by atoms with van der Waals surface area (Å²) in [6, 6.07) is 12.8. The van der Waals surface area contributed by atoms with Crippen molar-refractivity contribution < 1.29 is 56.4 Å². The van der Waals surface area contributed by atoms with Crippen molar-refractivity contribution in [2.24, 2.45) is 0 Å². The van der Waals surface area contributed by atoms with Crippen LogP contribution >= 0.6 is 0 Å². The van der Waals surface area contributed by atoms with E-state index in [0.717, 1.165) is 44.6 Å². The SMILES string of the molecule is CCCCCC1(CCCCC)O[C@@H]2[C@@H](C=C(C(=O)NCc3cccc(C(=O)NCCO)c3)C[C@H]2OC(=O)c2ccccc2C=CC(=O)OCC(F)(F)F)O1. The second kappa shape index (κ2) is 20.2. The number of rotatable bonds is 19. The van der Waals surface area contributed by atoms with E-state index in [1.165, 1.54) is 18.2 Å². The highest BCUT2D eigenvalue weighted by atomic mass is 19.4. The Morgan fingerprint density at radius 1 is 0.944 bits per heavy atom. The fraction of sp³-hybridized carbons (Fsp3) is 0.500. The van der Waals surface area contributed by atoms with Crippen LogP contribution in [0.2, 0.25) is 0 Å². The number of hydrogen-bond acceptors (Lipinski definition) is 9. The second-order valence-electron chi connectivity index (χ2n) is 13.3. The first kappa shape index (κ1) is 42.2. The number of unbranched alkanes of at least 4 members (excludes halogenated alkanes) is 4. The molecule has 2 aliphatic rings. The number of ether oxygens (including phenoxy) is 4. The summed E-state index contributed by atoms with van der Waals surface area (Å²) in [6.07, 6.45) is 3.46. The number of halogens is 3. The number of amides is 2. The van der Waals surface area contributed by atoms with Gasteiger partial charge in [0.1, 0.15) is 18.3 Å². The number of esters is 2. The van der Waals surface area contributed by atoms with E-state index in [0.29, 0.717) is 29.5 Å². The first-order valence-corrected chi connectivity index (χ1v) is 18.4. The van der Waals surface area contributed by atoms with Gasteiger partial charge >= 0.3 is 18.1 Å². The molecular weight excluding hydrogens is 709 g/mol. The molecule has 2 aromatic carbocycles. The van der Waals surface area contributed by atoms with E-state index in [1.807, 2.05) is 0 Å². The Morgan fingerprint density at radius 3 is 2.35 bits per heavy atom. The lowest BCUT2D eigenvalue weighted by atomic mass is 9.91. The fourth-order valence-corrected chi connectivity index (χ4v) is 6.38. The van der Waals surface area contributed by atoms with Crippen molar-refractivity contribution in [1.29, 1.82) is 0 Å². The quantitative estimate of drug-likeness (QED) is 0.0848. The number of nitrogens with one attached hydrogen (secondary N) is 2. The van der Waals surface area contributed by atoms with E-state index in [1.54, 1.807) is 42.5 Å². The molecule has 2 aromatic rings. The smallest absolute Gasteiger partial charge is 0.422 e. The zero-order valence-corrected chi connectivity index (χ0v) is 30.6. The Balaban J connectivity index is 1.56. The van der Waals surface area contributed by atoms with E-state index in [4.69, 9.17) is 19.3 Å². The summed E-state index contributed by atoms with van der Waals surface area (Å²) in [5.41, 5.74) is 1.59. The number of carbonyl (C=O) groups is 4. The predicted octanol–water partition coefficient (Wildman–Crippen LogP) is 6.34. The Hall–Kier alpha value is -4.53. The third-order valence-electron chi connectivity index (χ3n) is 9.05. The largest absolute Gasteiger partial charge is 0.456 e. The van der Waals surface area contributed by atoms with Crippen LogP contribution in [0.5, 0.6) is 0 Å². The average molecular weight is 759 g/mol. The summed E-state index contributed by atoms with van der Waals surface area (Å²) in [5, 5.41) is 14.5. The third kappa shape index (κ3) is 12.5. The third-order valence-corrected chi connectivity index (χ3v) is 9.05. The Kier molecular flexibility index (Phi) is 15.8. The fourth-order valence-electron chi connectivity index (χ4n) is 6.38. The molecule has 11 nitrogen and oxygen atoms in total. The highest BCUT2D eigenvalue weighted by Crippen LogP contribution is 2.43. The topological polar surface area (TPSA) is 149 Å². The van der Waals surface area contributed by atoms with Gasteiger partial charge in [-0.15, -0.1) is 0 Å². The molecule has 0 saturated carbocycles. The number of benzene rings is 2. The molecule has 0 aromatic heterocycles. The van der Waals surface area contributed by atoms with Crippen molar-refractivity contribution >= 4 is 29.8 Å². The highest BCUT2D eigenvalue weighted by Gasteiger charge is 2.52.